The summed E-state index contributed by atoms with van der Waals surface area (Å²) >= 11 is 0. The van der Waals surface area contributed by atoms with Crippen molar-refractivity contribution in [3.8, 4) is 0 Å². The molecule has 0 radical (unpaired) electrons. The SMILES string of the molecule is CN(C)Cc1cc(C(C)(C)C)cc2c1C(=O)N(CC(F)(F)F)CC2. The summed E-state index contributed by atoms with van der Waals surface area (Å²) in [5, 5.41) is 0. The number of rotatable bonds is 3. The highest BCUT2D eigenvalue weighted by Crippen LogP contribution is 2.32. The van der Waals surface area contributed by atoms with Crippen molar-refractivity contribution in [2.24, 2.45) is 0 Å². The van der Waals surface area contributed by atoms with Gasteiger partial charge in [0.15, 0.2) is 0 Å². The molecule has 2 rings (SSSR count). The summed E-state index contributed by atoms with van der Waals surface area (Å²) in [6, 6.07) is 3.95. The van der Waals surface area contributed by atoms with Crippen LogP contribution in [0.5, 0.6) is 0 Å². The van der Waals surface area contributed by atoms with Crippen molar-refractivity contribution in [1.29, 1.82) is 0 Å². The Balaban J connectivity index is 2.49. The lowest BCUT2D eigenvalue weighted by molar-refractivity contribution is -0.141. The molecule has 0 N–H and O–H groups in total. The standard InChI is InChI=1S/C18H25F3N2O/c1-17(2,3)14-8-12-6-7-23(11-18(19,20)21)16(24)15(12)13(9-14)10-22(4)5/h8-9H,6-7,10-11H2,1-5H3. The fourth-order valence-electron chi connectivity index (χ4n) is 3.02. The highest BCUT2D eigenvalue weighted by Gasteiger charge is 2.37. The maximum Gasteiger partial charge on any atom is 0.406 e. The number of alkyl halides is 3. The highest BCUT2D eigenvalue weighted by atomic mass is 19.4. The lowest BCUT2D eigenvalue weighted by atomic mass is 9.81. The van der Waals surface area contributed by atoms with E-state index in [0.717, 1.165) is 21.6 Å². The van der Waals surface area contributed by atoms with Gasteiger partial charge in [-0.1, -0.05) is 32.9 Å². The van der Waals surface area contributed by atoms with Gasteiger partial charge >= 0.3 is 6.18 Å². The van der Waals surface area contributed by atoms with Crippen LogP contribution < -0.4 is 0 Å². The number of amides is 1. The van der Waals surface area contributed by atoms with Crippen LogP contribution in [0.4, 0.5) is 13.2 Å². The normalized spacial score (nSPS) is 15.9. The van der Waals surface area contributed by atoms with E-state index in [1.165, 1.54) is 0 Å². The first-order valence-corrected chi connectivity index (χ1v) is 8.05. The zero-order valence-corrected chi connectivity index (χ0v) is 14.9. The van der Waals surface area contributed by atoms with Crippen molar-refractivity contribution in [1.82, 2.24) is 9.80 Å². The van der Waals surface area contributed by atoms with E-state index in [-0.39, 0.29) is 12.0 Å². The van der Waals surface area contributed by atoms with Crippen molar-refractivity contribution >= 4 is 5.91 Å². The van der Waals surface area contributed by atoms with Crippen LogP contribution in [0.15, 0.2) is 12.1 Å². The molecule has 1 aromatic rings. The molecule has 0 saturated carbocycles. The van der Waals surface area contributed by atoms with Crippen LogP contribution >= 0.6 is 0 Å². The number of hydrogen-bond donors (Lipinski definition) is 0. The first kappa shape index (κ1) is 18.8. The van der Waals surface area contributed by atoms with E-state index < -0.39 is 18.6 Å². The zero-order valence-electron chi connectivity index (χ0n) is 14.9. The summed E-state index contributed by atoms with van der Waals surface area (Å²) in [7, 11) is 3.77. The second kappa shape index (κ2) is 6.39. The molecule has 0 spiro atoms. The first-order valence-electron chi connectivity index (χ1n) is 8.05. The lowest BCUT2D eigenvalue weighted by Gasteiger charge is -2.33. The molecule has 1 aliphatic rings. The summed E-state index contributed by atoms with van der Waals surface area (Å²) < 4.78 is 38.2. The van der Waals surface area contributed by atoms with Crippen molar-refractivity contribution in [3.05, 3.63) is 34.4 Å². The topological polar surface area (TPSA) is 23.6 Å². The molecule has 1 aliphatic heterocycles. The van der Waals surface area contributed by atoms with E-state index >= 15 is 0 Å². The number of hydrogen-bond acceptors (Lipinski definition) is 2. The molecular formula is C18H25F3N2O. The van der Waals surface area contributed by atoms with Crippen molar-refractivity contribution in [3.63, 3.8) is 0 Å². The van der Waals surface area contributed by atoms with Gasteiger partial charge in [0.05, 0.1) is 0 Å². The molecule has 6 heteroatoms. The van der Waals surface area contributed by atoms with Gasteiger partial charge in [0, 0.05) is 18.7 Å². The fraction of sp³-hybridized carbons (Fsp3) is 0.611. The predicted octanol–water partition coefficient (Wildman–Crippen LogP) is 3.61. The number of benzene rings is 1. The van der Waals surface area contributed by atoms with Crippen LogP contribution in [0.2, 0.25) is 0 Å². The van der Waals surface area contributed by atoms with Gasteiger partial charge < -0.3 is 9.80 Å². The second-order valence-corrected chi connectivity index (χ2v) is 7.75. The van der Waals surface area contributed by atoms with Gasteiger partial charge in [0.25, 0.3) is 5.91 Å². The van der Waals surface area contributed by atoms with E-state index in [1.54, 1.807) is 0 Å². The third-order valence-corrected chi connectivity index (χ3v) is 4.18. The predicted molar refractivity (Wildman–Crippen MR) is 88.2 cm³/mol. The quantitative estimate of drug-likeness (QED) is 0.838. The van der Waals surface area contributed by atoms with E-state index in [0.29, 0.717) is 18.5 Å². The molecule has 134 valence electrons. The highest BCUT2D eigenvalue weighted by molar-refractivity contribution is 5.98. The maximum absolute atomic E-state index is 12.7. The molecule has 1 amide bonds. The Labute approximate surface area is 141 Å². The number of halogens is 3. The summed E-state index contributed by atoms with van der Waals surface area (Å²) in [5.74, 6) is -0.508. The van der Waals surface area contributed by atoms with Crippen LogP contribution in [0.25, 0.3) is 0 Å². The molecule has 0 fully saturated rings. The van der Waals surface area contributed by atoms with Crippen LogP contribution in [-0.2, 0) is 18.4 Å². The average molecular weight is 342 g/mol. The number of nitrogens with zero attached hydrogens (tertiary/aromatic N) is 2. The van der Waals surface area contributed by atoms with Gasteiger partial charge in [0.1, 0.15) is 6.54 Å². The largest absolute Gasteiger partial charge is 0.406 e. The Hall–Kier alpha value is -1.56. The van der Waals surface area contributed by atoms with Gasteiger partial charge in [-0.25, -0.2) is 0 Å². The Morgan fingerprint density at radius 1 is 1.17 bits per heavy atom. The van der Waals surface area contributed by atoms with Crippen LogP contribution in [-0.4, -0.2) is 49.1 Å². The molecular weight excluding hydrogens is 317 g/mol. The average Bonchev–Trinajstić information content (AvgIpc) is 2.38. The zero-order chi connectivity index (χ0) is 18.3. The monoisotopic (exact) mass is 342 g/mol. The van der Waals surface area contributed by atoms with Crippen molar-refractivity contribution in [2.45, 2.75) is 45.3 Å². The molecule has 24 heavy (non-hydrogen) atoms. The molecule has 0 aliphatic carbocycles. The Morgan fingerprint density at radius 3 is 2.29 bits per heavy atom. The summed E-state index contributed by atoms with van der Waals surface area (Å²) in [5.41, 5.74) is 3.15. The molecule has 0 bridgehead atoms. The summed E-state index contributed by atoms with van der Waals surface area (Å²) in [6.07, 6.45) is -3.91. The van der Waals surface area contributed by atoms with E-state index in [1.807, 2.05) is 31.1 Å². The van der Waals surface area contributed by atoms with Gasteiger partial charge in [-0.2, -0.15) is 13.2 Å². The van der Waals surface area contributed by atoms with E-state index in [2.05, 4.69) is 20.8 Å². The molecule has 0 unspecified atom stereocenters. The van der Waals surface area contributed by atoms with E-state index in [4.69, 9.17) is 0 Å². The van der Waals surface area contributed by atoms with Gasteiger partial charge in [-0.15, -0.1) is 0 Å². The van der Waals surface area contributed by atoms with Crippen LogP contribution in [0.3, 0.4) is 0 Å². The summed E-state index contributed by atoms with van der Waals surface area (Å²) in [6.45, 7) is 5.73. The first-order chi connectivity index (χ1) is 10.9. The Bertz CT molecular complexity index is 630. The fourth-order valence-corrected chi connectivity index (χ4v) is 3.02. The number of carbonyl (C=O) groups is 1. The molecule has 1 aromatic carbocycles. The van der Waals surface area contributed by atoms with Gasteiger partial charge in [0.2, 0.25) is 0 Å². The Kier molecular flexibility index (Phi) is 5.00. The molecule has 1 heterocycles. The molecule has 0 aromatic heterocycles. The van der Waals surface area contributed by atoms with Crippen LogP contribution in [0.1, 0.15) is 47.8 Å². The number of carbonyl (C=O) groups excluding carboxylic acids is 1. The van der Waals surface area contributed by atoms with Crippen molar-refractivity contribution < 1.29 is 18.0 Å². The smallest absolute Gasteiger partial charge is 0.329 e. The number of fused-ring (bicyclic) bond motifs is 1. The Morgan fingerprint density at radius 2 is 1.79 bits per heavy atom. The second-order valence-electron chi connectivity index (χ2n) is 7.75. The summed E-state index contributed by atoms with van der Waals surface area (Å²) in [4.78, 5) is 15.5. The van der Waals surface area contributed by atoms with E-state index in [9.17, 15) is 18.0 Å². The maximum atomic E-state index is 12.7. The molecule has 0 atom stereocenters. The van der Waals surface area contributed by atoms with Gasteiger partial charge in [-0.05, 0) is 42.6 Å². The van der Waals surface area contributed by atoms with Crippen LogP contribution in [0, 0.1) is 0 Å². The molecule has 0 saturated heterocycles. The van der Waals surface area contributed by atoms with Gasteiger partial charge in [-0.3, -0.25) is 4.79 Å². The minimum atomic E-state index is -4.37. The lowest BCUT2D eigenvalue weighted by Crippen LogP contribution is -2.44. The third kappa shape index (κ3) is 4.29. The minimum Gasteiger partial charge on any atom is -0.329 e. The minimum absolute atomic E-state index is 0.0811. The third-order valence-electron chi connectivity index (χ3n) is 4.18. The molecule has 3 nitrogen and oxygen atoms in total. The van der Waals surface area contributed by atoms with Crippen molar-refractivity contribution in [2.75, 3.05) is 27.2 Å².